The molecule has 2 heterocycles. The van der Waals surface area contributed by atoms with Crippen LogP contribution in [0, 0.1) is 0 Å². The van der Waals surface area contributed by atoms with E-state index in [4.69, 9.17) is 16.3 Å². The number of nitrogens with zero attached hydrogens (tertiary/aromatic N) is 1. The zero-order chi connectivity index (χ0) is 24.3. The molecule has 2 aromatic heterocycles. The average molecular weight is 491 g/mol. The molecule has 6 nitrogen and oxygen atoms in total. The van der Waals surface area contributed by atoms with E-state index in [1.54, 1.807) is 47.0 Å². The summed E-state index contributed by atoms with van der Waals surface area (Å²) in [6, 6.07) is 15.6. The Morgan fingerprint density at radius 2 is 1.65 bits per heavy atom. The number of imidazole rings is 1. The summed E-state index contributed by atoms with van der Waals surface area (Å²) >= 11 is 6.05. The number of amides is 1. The largest absolute Gasteiger partial charge is 0.573 e. The van der Waals surface area contributed by atoms with Gasteiger partial charge in [0.05, 0.1) is 11.2 Å². The molecule has 0 bridgehead atoms. The number of H-pyrrole nitrogens is 1. The smallest absolute Gasteiger partial charge is 0.457 e. The standard InChI is InChI=1S/C24H19ClF3N3O3/c1-2-20-22(31-12-11-16(25)13-21(31)30-20)23(32)29-14-15-3-5-17(6-4-15)33-18-7-9-19(10-8-18)34-24(26,27)28/h3-13H,2,14H2,1H3,(H,29,32)/p+1. The highest BCUT2D eigenvalue weighted by Gasteiger charge is 2.31. The van der Waals surface area contributed by atoms with Crippen molar-refractivity contribution >= 4 is 23.2 Å². The van der Waals surface area contributed by atoms with Crippen molar-refractivity contribution in [3.63, 3.8) is 0 Å². The molecule has 0 fully saturated rings. The number of pyridine rings is 1. The van der Waals surface area contributed by atoms with Crippen LogP contribution < -0.4 is 19.2 Å². The molecule has 0 saturated heterocycles. The number of carbonyl (C=O) groups excluding carboxylic acids is 1. The van der Waals surface area contributed by atoms with E-state index in [1.807, 2.05) is 6.92 Å². The second kappa shape index (κ2) is 9.64. The van der Waals surface area contributed by atoms with Gasteiger partial charge in [0, 0.05) is 19.0 Å². The zero-order valence-electron chi connectivity index (χ0n) is 17.9. The monoisotopic (exact) mass is 490 g/mol. The third-order valence-electron chi connectivity index (χ3n) is 4.96. The van der Waals surface area contributed by atoms with Crippen LogP contribution in [-0.4, -0.2) is 17.3 Å². The van der Waals surface area contributed by atoms with E-state index < -0.39 is 6.36 Å². The highest BCUT2D eigenvalue weighted by molar-refractivity contribution is 6.30. The molecule has 2 N–H and O–H groups in total. The minimum Gasteiger partial charge on any atom is -0.457 e. The van der Waals surface area contributed by atoms with Gasteiger partial charge in [-0.05, 0) is 48.0 Å². The van der Waals surface area contributed by atoms with Crippen LogP contribution in [0.5, 0.6) is 17.2 Å². The fourth-order valence-corrected chi connectivity index (χ4v) is 3.57. The SMILES string of the molecule is CCc1[nH]c2cc(Cl)cc[n+]2c1C(=O)NCc1ccc(Oc2ccc(OC(F)(F)F)cc2)cc1. The maximum absolute atomic E-state index is 12.9. The molecule has 2 aromatic carbocycles. The molecule has 4 rings (SSSR count). The summed E-state index contributed by atoms with van der Waals surface area (Å²) < 4.78 is 48.0. The number of benzene rings is 2. The van der Waals surface area contributed by atoms with Crippen LogP contribution in [0.25, 0.3) is 5.65 Å². The van der Waals surface area contributed by atoms with Crippen molar-refractivity contribution in [2.24, 2.45) is 0 Å². The number of rotatable bonds is 7. The van der Waals surface area contributed by atoms with Gasteiger partial charge in [-0.2, -0.15) is 4.40 Å². The number of hydrogen-bond acceptors (Lipinski definition) is 3. The number of alkyl halides is 3. The number of carbonyl (C=O) groups is 1. The fraction of sp³-hybridized carbons (Fsp3) is 0.167. The third-order valence-corrected chi connectivity index (χ3v) is 5.20. The minimum atomic E-state index is -4.74. The van der Waals surface area contributed by atoms with Gasteiger partial charge in [-0.15, -0.1) is 13.2 Å². The highest BCUT2D eigenvalue weighted by atomic mass is 35.5. The van der Waals surface area contributed by atoms with E-state index in [2.05, 4.69) is 15.0 Å². The summed E-state index contributed by atoms with van der Waals surface area (Å²) in [6.45, 7) is 2.26. The van der Waals surface area contributed by atoms with E-state index in [1.165, 1.54) is 24.3 Å². The Bertz CT molecular complexity index is 1300. The van der Waals surface area contributed by atoms with Crippen molar-refractivity contribution in [1.29, 1.82) is 0 Å². The lowest BCUT2D eigenvalue weighted by atomic mass is 10.2. The number of aromatic amines is 1. The van der Waals surface area contributed by atoms with Crippen LogP contribution in [0.4, 0.5) is 13.2 Å². The van der Waals surface area contributed by atoms with Crippen LogP contribution >= 0.6 is 11.6 Å². The maximum atomic E-state index is 12.9. The van der Waals surface area contributed by atoms with E-state index >= 15 is 0 Å². The second-order valence-corrected chi connectivity index (χ2v) is 7.79. The highest BCUT2D eigenvalue weighted by Crippen LogP contribution is 2.27. The van der Waals surface area contributed by atoms with Crippen LogP contribution in [0.1, 0.15) is 28.7 Å². The van der Waals surface area contributed by atoms with Crippen molar-refractivity contribution in [2.75, 3.05) is 0 Å². The topological polar surface area (TPSA) is 67.5 Å². The van der Waals surface area contributed by atoms with E-state index in [0.29, 0.717) is 35.2 Å². The predicted molar refractivity (Wildman–Crippen MR) is 119 cm³/mol. The average Bonchev–Trinajstić information content (AvgIpc) is 3.16. The quantitative estimate of drug-likeness (QED) is 0.332. The lowest BCUT2D eigenvalue weighted by Gasteiger charge is -2.10. The summed E-state index contributed by atoms with van der Waals surface area (Å²) in [5.41, 5.74) is 2.90. The van der Waals surface area contributed by atoms with Crippen LogP contribution in [0.3, 0.4) is 0 Å². The lowest BCUT2D eigenvalue weighted by Crippen LogP contribution is -2.35. The molecule has 0 radical (unpaired) electrons. The van der Waals surface area contributed by atoms with Crippen LogP contribution in [-0.2, 0) is 13.0 Å². The van der Waals surface area contributed by atoms with Crippen LogP contribution in [0.15, 0.2) is 66.9 Å². The van der Waals surface area contributed by atoms with Gasteiger partial charge in [0.2, 0.25) is 5.69 Å². The molecular formula is C24H20ClF3N3O3+. The number of hydrogen-bond donors (Lipinski definition) is 2. The molecule has 0 atom stereocenters. The molecule has 1 amide bonds. The van der Waals surface area contributed by atoms with Gasteiger partial charge >= 0.3 is 6.36 Å². The van der Waals surface area contributed by atoms with E-state index in [0.717, 1.165) is 16.9 Å². The van der Waals surface area contributed by atoms with Crippen LogP contribution in [0.2, 0.25) is 5.02 Å². The first kappa shape index (κ1) is 23.4. The molecule has 0 saturated carbocycles. The number of aryl methyl sites for hydroxylation is 1. The number of ether oxygens (including phenoxy) is 2. The molecule has 0 spiro atoms. The van der Waals surface area contributed by atoms with Gasteiger partial charge < -0.3 is 14.8 Å². The summed E-state index contributed by atoms with van der Waals surface area (Å²) in [7, 11) is 0. The van der Waals surface area contributed by atoms with Gasteiger partial charge in [0.1, 0.15) is 17.2 Å². The second-order valence-electron chi connectivity index (χ2n) is 7.35. The third kappa shape index (κ3) is 5.60. The number of halogens is 4. The Hall–Kier alpha value is -3.72. The summed E-state index contributed by atoms with van der Waals surface area (Å²) in [5, 5.41) is 3.49. The summed E-state index contributed by atoms with van der Waals surface area (Å²) in [4.78, 5) is 16.1. The summed E-state index contributed by atoms with van der Waals surface area (Å²) in [6.07, 6.45) is -2.35. The van der Waals surface area contributed by atoms with Gasteiger partial charge in [-0.3, -0.25) is 4.79 Å². The molecule has 34 heavy (non-hydrogen) atoms. The van der Waals surface area contributed by atoms with E-state index in [-0.39, 0.29) is 11.7 Å². The zero-order valence-corrected chi connectivity index (χ0v) is 18.7. The Kier molecular flexibility index (Phi) is 6.65. The Labute approximate surface area is 197 Å². The minimum absolute atomic E-state index is 0.225. The van der Waals surface area contributed by atoms with Gasteiger partial charge in [0.15, 0.2) is 5.69 Å². The first-order chi connectivity index (χ1) is 16.2. The fourth-order valence-electron chi connectivity index (χ4n) is 3.41. The number of aromatic nitrogens is 2. The molecular weight excluding hydrogens is 471 g/mol. The van der Waals surface area contributed by atoms with Crippen molar-refractivity contribution in [1.82, 2.24) is 10.3 Å². The first-order valence-electron chi connectivity index (χ1n) is 10.3. The van der Waals surface area contributed by atoms with E-state index in [9.17, 15) is 18.0 Å². The molecule has 176 valence electrons. The molecule has 4 aromatic rings. The molecule has 0 unspecified atom stereocenters. The van der Waals surface area contributed by atoms with Crippen molar-refractivity contribution < 1.29 is 31.8 Å². The molecule has 0 aliphatic carbocycles. The van der Waals surface area contributed by atoms with Gasteiger partial charge in [-0.25, -0.2) is 4.98 Å². The predicted octanol–water partition coefficient (Wildman–Crippen LogP) is 5.59. The maximum Gasteiger partial charge on any atom is 0.573 e. The Morgan fingerprint density at radius 1 is 1.03 bits per heavy atom. The Morgan fingerprint density at radius 3 is 2.26 bits per heavy atom. The molecule has 10 heteroatoms. The molecule has 0 aliphatic heterocycles. The number of nitrogens with one attached hydrogen (secondary N) is 2. The van der Waals surface area contributed by atoms with Crippen molar-refractivity contribution in [3.05, 3.63) is 88.8 Å². The molecule has 0 aliphatic rings. The van der Waals surface area contributed by atoms with Crippen molar-refractivity contribution in [3.8, 4) is 17.2 Å². The van der Waals surface area contributed by atoms with Gasteiger partial charge in [0.25, 0.3) is 11.6 Å². The first-order valence-corrected chi connectivity index (χ1v) is 10.7. The van der Waals surface area contributed by atoms with Gasteiger partial charge in [-0.1, -0.05) is 30.7 Å². The number of fused-ring (bicyclic) bond motifs is 1. The Balaban J connectivity index is 1.38. The summed E-state index contributed by atoms with van der Waals surface area (Å²) in [5.74, 6) is 0.307. The van der Waals surface area contributed by atoms with Crippen molar-refractivity contribution in [2.45, 2.75) is 26.3 Å². The lowest BCUT2D eigenvalue weighted by molar-refractivity contribution is -0.513. The normalized spacial score (nSPS) is 11.4.